The predicted molar refractivity (Wildman–Crippen MR) is 127 cm³/mol. The maximum absolute atomic E-state index is 13.1. The van der Waals surface area contributed by atoms with E-state index in [2.05, 4.69) is 18.5 Å². The summed E-state index contributed by atoms with van der Waals surface area (Å²) in [6, 6.07) is 7.20. The number of aliphatic hydroxyl groups is 1. The average Bonchev–Trinajstić information content (AvgIpc) is 2.81. The van der Waals surface area contributed by atoms with E-state index in [-0.39, 0.29) is 49.5 Å². The Labute approximate surface area is 196 Å². The van der Waals surface area contributed by atoms with Crippen LogP contribution in [0.5, 0.6) is 0 Å². The van der Waals surface area contributed by atoms with Gasteiger partial charge < -0.3 is 20.1 Å². The number of amides is 2. The summed E-state index contributed by atoms with van der Waals surface area (Å²) in [6.45, 7) is 9.45. The van der Waals surface area contributed by atoms with Crippen LogP contribution in [0.15, 0.2) is 49.6 Å². The molecule has 1 aliphatic rings. The van der Waals surface area contributed by atoms with Crippen molar-refractivity contribution in [1.82, 2.24) is 10.2 Å². The van der Waals surface area contributed by atoms with Gasteiger partial charge >= 0.3 is 5.97 Å². The number of nitrogens with one attached hydrogen (secondary N) is 1. The molecule has 1 aromatic carbocycles. The SMILES string of the molecule is C=CCCCC(=O)OCC(C)NC(=O)C(CC=C)CC(=O)N1Cc2ccccc2CC1CO. The highest BCUT2D eigenvalue weighted by molar-refractivity contribution is 5.86. The van der Waals surface area contributed by atoms with E-state index in [0.29, 0.717) is 32.2 Å². The zero-order valence-electron chi connectivity index (χ0n) is 19.5. The lowest BCUT2D eigenvalue weighted by Crippen LogP contribution is -2.48. The topological polar surface area (TPSA) is 95.9 Å². The third kappa shape index (κ3) is 8.17. The third-order valence-corrected chi connectivity index (χ3v) is 5.80. The second-order valence-electron chi connectivity index (χ2n) is 8.53. The van der Waals surface area contributed by atoms with Crippen LogP contribution < -0.4 is 5.32 Å². The van der Waals surface area contributed by atoms with Crippen molar-refractivity contribution in [1.29, 1.82) is 0 Å². The molecule has 3 atom stereocenters. The molecule has 0 saturated carbocycles. The van der Waals surface area contributed by atoms with Crippen LogP contribution in [0.25, 0.3) is 0 Å². The average molecular weight is 457 g/mol. The van der Waals surface area contributed by atoms with E-state index in [1.165, 1.54) is 0 Å². The van der Waals surface area contributed by atoms with Crippen molar-refractivity contribution in [3.05, 3.63) is 60.7 Å². The number of hydrogen-bond donors (Lipinski definition) is 2. The van der Waals surface area contributed by atoms with Crippen molar-refractivity contribution in [2.24, 2.45) is 5.92 Å². The Bertz CT molecular complexity index is 838. The zero-order valence-corrected chi connectivity index (χ0v) is 19.5. The first-order valence-corrected chi connectivity index (χ1v) is 11.5. The molecule has 180 valence electrons. The summed E-state index contributed by atoms with van der Waals surface area (Å²) in [5.41, 5.74) is 2.19. The summed E-state index contributed by atoms with van der Waals surface area (Å²) in [6.07, 6.45) is 6.07. The summed E-state index contributed by atoms with van der Waals surface area (Å²) in [7, 11) is 0. The largest absolute Gasteiger partial charge is 0.464 e. The fourth-order valence-corrected chi connectivity index (χ4v) is 3.94. The van der Waals surface area contributed by atoms with Crippen molar-refractivity contribution in [2.75, 3.05) is 13.2 Å². The summed E-state index contributed by atoms with van der Waals surface area (Å²) < 4.78 is 5.22. The number of carbonyl (C=O) groups is 3. The number of fused-ring (bicyclic) bond motifs is 1. The monoisotopic (exact) mass is 456 g/mol. The van der Waals surface area contributed by atoms with Gasteiger partial charge in [-0.2, -0.15) is 0 Å². The van der Waals surface area contributed by atoms with E-state index < -0.39 is 5.92 Å². The van der Waals surface area contributed by atoms with E-state index in [4.69, 9.17) is 4.74 Å². The van der Waals surface area contributed by atoms with E-state index in [9.17, 15) is 19.5 Å². The number of carbonyl (C=O) groups excluding carboxylic acids is 3. The summed E-state index contributed by atoms with van der Waals surface area (Å²) >= 11 is 0. The number of unbranched alkanes of at least 4 members (excludes halogenated alkanes) is 1. The number of esters is 1. The number of ether oxygens (including phenoxy) is 1. The predicted octanol–water partition coefficient (Wildman–Crippen LogP) is 2.92. The summed E-state index contributed by atoms with van der Waals surface area (Å²) in [5, 5.41) is 12.7. The van der Waals surface area contributed by atoms with E-state index in [1.807, 2.05) is 24.3 Å². The molecular weight excluding hydrogens is 420 g/mol. The Morgan fingerprint density at radius 3 is 2.64 bits per heavy atom. The fourth-order valence-electron chi connectivity index (χ4n) is 3.94. The Balaban J connectivity index is 1.92. The third-order valence-electron chi connectivity index (χ3n) is 5.80. The van der Waals surface area contributed by atoms with Crippen LogP contribution in [0.3, 0.4) is 0 Å². The summed E-state index contributed by atoms with van der Waals surface area (Å²) in [5.74, 6) is -1.35. The lowest BCUT2D eigenvalue weighted by Gasteiger charge is -2.36. The Morgan fingerprint density at radius 1 is 1.24 bits per heavy atom. The molecule has 0 saturated heterocycles. The standard InChI is InChI=1S/C26H36N2O5/c1-4-6-7-13-25(31)33-18-19(3)27-26(32)21(10-5-2)15-24(30)28-16-22-12-9-8-11-20(22)14-23(28)17-29/h4-5,8-9,11-12,19,21,23,29H,1-2,6-7,10,13-18H2,3H3,(H,27,32). The normalized spacial score (nSPS) is 16.8. The van der Waals surface area contributed by atoms with Crippen LogP contribution in [-0.2, 0) is 32.1 Å². The number of aliphatic hydroxyl groups excluding tert-OH is 1. The fraction of sp³-hybridized carbons (Fsp3) is 0.500. The molecule has 0 aromatic heterocycles. The van der Waals surface area contributed by atoms with Gasteiger partial charge in [0.2, 0.25) is 11.8 Å². The maximum Gasteiger partial charge on any atom is 0.305 e. The van der Waals surface area contributed by atoms with Gasteiger partial charge in [-0.05, 0) is 43.7 Å². The molecular formula is C26H36N2O5. The van der Waals surface area contributed by atoms with Crippen molar-refractivity contribution in [2.45, 2.75) is 64.1 Å². The number of nitrogens with zero attached hydrogens (tertiary/aromatic N) is 1. The minimum atomic E-state index is -0.586. The van der Waals surface area contributed by atoms with Crippen LogP contribution in [0.2, 0.25) is 0 Å². The number of hydrogen-bond acceptors (Lipinski definition) is 5. The second kappa shape index (κ2) is 13.6. The van der Waals surface area contributed by atoms with Gasteiger partial charge in [-0.25, -0.2) is 0 Å². The molecule has 2 N–H and O–H groups in total. The molecule has 1 aliphatic heterocycles. The van der Waals surface area contributed by atoms with Crippen LogP contribution in [0.1, 0.15) is 50.2 Å². The maximum atomic E-state index is 13.1. The Kier molecular flexibility index (Phi) is 10.8. The molecule has 1 heterocycles. The molecule has 1 aromatic rings. The quantitative estimate of drug-likeness (QED) is 0.270. The van der Waals surface area contributed by atoms with Gasteiger partial charge in [-0.3, -0.25) is 14.4 Å². The highest BCUT2D eigenvalue weighted by atomic mass is 16.5. The van der Waals surface area contributed by atoms with Gasteiger partial charge in [0.15, 0.2) is 0 Å². The molecule has 3 unspecified atom stereocenters. The Hall–Kier alpha value is -2.93. The van der Waals surface area contributed by atoms with Crippen LogP contribution in [0.4, 0.5) is 0 Å². The van der Waals surface area contributed by atoms with E-state index in [0.717, 1.165) is 17.5 Å². The molecule has 7 heteroatoms. The first kappa shape index (κ1) is 26.3. The van der Waals surface area contributed by atoms with Gasteiger partial charge in [0.25, 0.3) is 0 Å². The number of rotatable bonds is 13. The van der Waals surface area contributed by atoms with Crippen LogP contribution >= 0.6 is 0 Å². The minimum Gasteiger partial charge on any atom is -0.464 e. The summed E-state index contributed by atoms with van der Waals surface area (Å²) in [4.78, 5) is 39.4. The highest BCUT2D eigenvalue weighted by Gasteiger charge is 2.32. The molecule has 0 spiro atoms. The minimum absolute atomic E-state index is 0.0184. The molecule has 2 rings (SSSR count). The zero-order chi connectivity index (χ0) is 24.2. The van der Waals surface area contributed by atoms with E-state index in [1.54, 1.807) is 24.0 Å². The van der Waals surface area contributed by atoms with Gasteiger partial charge in [0, 0.05) is 19.4 Å². The van der Waals surface area contributed by atoms with Gasteiger partial charge in [-0.15, -0.1) is 13.2 Å². The molecule has 0 fully saturated rings. The molecule has 0 aliphatic carbocycles. The van der Waals surface area contributed by atoms with Crippen molar-refractivity contribution in [3.63, 3.8) is 0 Å². The van der Waals surface area contributed by atoms with Gasteiger partial charge in [0.05, 0.1) is 24.6 Å². The van der Waals surface area contributed by atoms with Gasteiger partial charge in [0.1, 0.15) is 6.61 Å². The number of benzene rings is 1. The van der Waals surface area contributed by atoms with Gasteiger partial charge in [-0.1, -0.05) is 36.4 Å². The highest BCUT2D eigenvalue weighted by Crippen LogP contribution is 2.25. The Morgan fingerprint density at radius 2 is 1.97 bits per heavy atom. The number of allylic oxidation sites excluding steroid dienone is 2. The van der Waals surface area contributed by atoms with Crippen LogP contribution in [-0.4, -0.2) is 53.1 Å². The van der Waals surface area contributed by atoms with Crippen molar-refractivity contribution < 1.29 is 24.2 Å². The van der Waals surface area contributed by atoms with E-state index >= 15 is 0 Å². The second-order valence-corrected chi connectivity index (χ2v) is 8.53. The van der Waals surface area contributed by atoms with Crippen LogP contribution in [0, 0.1) is 5.92 Å². The molecule has 7 nitrogen and oxygen atoms in total. The smallest absolute Gasteiger partial charge is 0.305 e. The molecule has 0 radical (unpaired) electrons. The first-order chi connectivity index (χ1) is 15.9. The molecule has 2 amide bonds. The van der Waals surface area contributed by atoms with Crippen molar-refractivity contribution >= 4 is 17.8 Å². The molecule has 33 heavy (non-hydrogen) atoms. The first-order valence-electron chi connectivity index (χ1n) is 11.5. The lowest BCUT2D eigenvalue weighted by atomic mass is 9.92. The van der Waals surface area contributed by atoms with Crippen molar-refractivity contribution in [3.8, 4) is 0 Å². The lowest BCUT2D eigenvalue weighted by molar-refractivity contribution is -0.145. The molecule has 0 bridgehead atoms.